The van der Waals surface area contributed by atoms with Gasteiger partial charge in [0.25, 0.3) is 0 Å². The van der Waals surface area contributed by atoms with Crippen LogP contribution in [0.1, 0.15) is 16.4 Å². The van der Waals surface area contributed by atoms with Crippen LogP contribution in [0.3, 0.4) is 0 Å². The summed E-state index contributed by atoms with van der Waals surface area (Å²) in [5.74, 6) is 0.717. The van der Waals surface area contributed by atoms with Crippen molar-refractivity contribution in [1.82, 2.24) is 9.97 Å². The third-order valence-electron chi connectivity index (χ3n) is 3.70. The third kappa shape index (κ3) is 4.64. The minimum atomic E-state index is 0.00621. The van der Waals surface area contributed by atoms with Crippen LogP contribution in [-0.4, -0.2) is 22.9 Å². The molecule has 25 heavy (non-hydrogen) atoms. The van der Waals surface area contributed by atoms with Crippen molar-refractivity contribution >= 4 is 22.9 Å². The van der Waals surface area contributed by atoms with E-state index in [1.807, 2.05) is 54.8 Å². The molecule has 1 aromatic carbocycles. The van der Waals surface area contributed by atoms with Gasteiger partial charge in [-0.05, 0) is 31.2 Å². The van der Waals surface area contributed by atoms with Gasteiger partial charge in [0.1, 0.15) is 17.4 Å². The van der Waals surface area contributed by atoms with E-state index in [1.54, 1.807) is 18.1 Å². The van der Waals surface area contributed by atoms with Crippen LogP contribution < -0.4 is 9.64 Å². The Morgan fingerprint density at radius 1 is 1.20 bits per heavy atom. The Morgan fingerprint density at radius 2 is 2.00 bits per heavy atom. The van der Waals surface area contributed by atoms with Gasteiger partial charge in [-0.25, -0.2) is 4.98 Å². The van der Waals surface area contributed by atoms with E-state index in [4.69, 9.17) is 4.74 Å². The Bertz CT molecular complexity index is 831. The van der Waals surface area contributed by atoms with E-state index in [-0.39, 0.29) is 12.3 Å². The summed E-state index contributed by atoms with van der Waals surface area (Å²) in [6, 6.07) is 13.4. The lowest BCUT2D eigenvalue weighted by atomic mass is 10.2. The first-order valence-electron chi connectivity index (χ1n) is 7.92. The van der Waals surface area contributed by atoms with Crippen LogP contribution in [0.25, 0.3) is 0 Å². The van der Waals surface area contributed by atoms with Crippen LogP contribution in [0.15, 0.2) is 54.0 Å². The number of aryl methyl sites for hydroxylation is 1. The maximum absolute atomic E-state index is 12.4. The van der Waals surface area contributed by atoms with E-state index in [0.717, 1.165) is 22.1 Å². The highest BCUT2D eigenvalue weighted by atomic mass is 32.1. The number of pyridine rings is 1. The summed E-state index contributed by atoms with van der Waals surface area (Å²) in [5, 5.41) is 2.74. The molecule has 6 heteroatoms. The molecule has 5 nitrogen and oxygen atoms in total. The molecule has 0 aliphatic heterocycles. The predicted octanol–water partition coefficient (Wildman–Crippen LogP) is 3.63. The smallest absolute Gasteiger partial charge is 0.232 e. The number of hydrogen-bond acceptors (Lipinski definition) is 5. The van der Waals surface area contributed by atoms with Gasteiger partial charge in [-0.2, -0.15) is 0 Å². The number of benzene rings is 1. The summed E-state index contributed by atoms with van der Waals surface area (Å²) < 4.78 is 5.67. The molecule has 0 aliphatic rings. The molecule has 0 saturated heterocycles. The molecular weight excluding hydrogens is 334 g/mol. The van der Waals surface area contributed by atoms with Gasteiger partial charge in [-0.15, -0.1) is 11.3 Å². The Morgan fingerprint density at radius 3 is 2.72 bits per heavy atom. The van der Waals surface area contributed by atoms with Gasteiger partial charge in [0.05, 0.1) is 18.3 Å². The largest absolute Gasteiger partial charge is 0.485 e. The molecule has 0 saturated carbocycles. The number of ether oxygens (including phenoxy) is 1. The summed E-state index contributed by atoms with van der Waals surface area (Å²) in [4.78, 5) is 22.7. The number of aromatic nitrogens is 2. The van der Waals surface area contributed by atoms with Crippen LogP contribution >= 0.6 is 11.3 Å². The molecule has 2 heterocycles. The van der Waals surface area contributed by atoms with Gasteiger partial charge >= 0.3 is 0 Å². The van der Waals surface area contributed by atoms with Crippen molar-refractivity contribution in [2.75, 3.05) is 11.9 Å². The fourth-order valence-corrected chi connectivity index (χ4v) is 2.96. The van der Waals surface area contributed by atoms with Crippen molar-refractivity contribution < 1.29 is 9.53 Å². The topological polar surface area (TPSA) is 55.3 Å². The van der Waals surface area contributed by atoms with Crippen LogP contribution in [0, 0.1) is 6.92 Å². The van der Waals surface area contributed by atoms with Crippen molar-refractivity contribution in [1.29, 1.82) is 0 Å². The minimum absolute atomic E-state index is 0.00621. The predicted molar refractivity (Wildman–Crippen MR) is 99.0 cm³/mol. The Hall–Kier alpha value is -2.73. The Labute approximate surface area is 150 Å². The Kier molecular flexibility index (Phi) is 5.40. The van der Waals surface area contributed by atoms with Crippen molar-refractivity contribution in [3.05, 3.63) is 70.4 Å². The van der Waals surface area contributed by atoms with Gasteiger partial charge < -0.3 is 9.64 Å². The van der Waals surface area contributed by atoms with E-state index < -0.39 is 0 Å². The van der Waals surface area contributed by atoms with Gasteiger partial charge in [0.2, 0.25) is 5.91 Å². The van der Waals surface area contributed by atoms with E-state index in [1.165, 1.54) is 11.3 Å². The highest BCUT2D eigenvalue weighted by molar-refractivity contribution is 7.09. The molecule has 0 N–H and O–H groups in total. The van der Waals surface area contributed by atoms with Gasteiger partial charge in [-0.3, -0.25) is 9.78 Å². The molecule has 0 aliphatic carbocycles. The zero-order chi connectivity index (χ0) is 17.6. The quantitative estimate of drug-likeness (QED) is 0.679. The molecule has 128 valence electrons. The monoisotopic (exact) mass is 353 g/mol. The second-order valence-corrected chi connectivity index (χ2v) is 6.56. The molecule has 0 spiro atoms. The number of para-hydroxylation sites is 1. The standard InChI is InChI=1S/C19H19N3O2S/c1-14-8-9-17(11-20-14)24-12-18-21-15(13-25-18)10-19(23)22(2)16-6-4-3-5-7-16/h3-9,11,13H,10,12H2,1-2H3. The Balaban J connectivity index is 1.56. The number of carbonyl (C=O) groups is 1. The summed E-state index contributed by atoms with van der Waals surface area (Å²) in [6.45, 7) is 2.30. The zero-order valence-corrected chi connectivity index (χ0v) is 15.0. The third-order valence-corrected chi connectivity index (χ3v) is 4.57. The molecule has 0 atom stereocenters. The highest BCUT2D eigenvalue weighted by Gasteiger charge is 2.13. The number of hydrogen-bond donors (Lipinski definition) is 0. The van der Waals surface area contributed by atoms with Gasteiger partial charge in [0, 0.05) is 23.8 Å². The fraction of sp³-hybridized carbons (Fsp3) is 0.211. The van der Waals surface area contributed by atoms with Crippen LogP contribution in [-0.2, 0) is 17.8 Å². The maximum atomic E-state index is 12.4. The molecule has 2 aromatic heterocycles. The first kappa shape index (κ1) is 17.1. The highest BCUT2D eigenvalue weighted by Crippen LogP contribution is 2.17. The second kappa shape index (κ2) is 7.90. The van der Waals surface area contributed by atoms with Crippen LogP contribution in [0.4, 0.5) is 5.69 Å². The molecule has 0 radical (unpaired) electrons. The number of thiazole rings is 1. The van der Waals surface area contributed by atoms with Crippen molar-refractivity contribution in [2.45, 2.75) is 20.0 Å². The van der Waals surface area contributed by atoms with E-state index in [2.05, 4.69) is 9.97 Å². The minimum Gasteiger partial charge on any atom is -0.485 e. The second-order valence-electron chi connectivity index (χ2n) is 5.62. The first-order chi connectivity index (χ1) is 12.1. The molecular formula is C19H19N3O2S. The fourth-order valence-electron chi connectivity index (χ4n) is 2.25. The number of amides is 1. The molecule has 3 rings (SSSR count). The molecule has 1 amide bonds. The molecule has 0 unspecified atom stereocenters. The summed E-state index contributed by atoms with van der Waals surface area (Å²) in [7, 11) is 1.78. The van der Waals surface area contributed by atoms with E-state index in [9.17, 15) is 4.79 Å². The summed E-state index contributed by atoms with van der Waals surface area (Å²) >= 11 is 1.49. The molecule has 3 aromatic rings. The van der Waals surface area contributed by atoms with E-state index in [0.29, 0.717) is 12.4 Å². The summed E-state index contributed by atoms with van der Waals surface area (Å²) in [5.41, 5.74) is 2.58. The zero-order valence-electron chi connectivity index (χ0n) is 14.2. The van der Waals surface area contributed by atoms with Crippen LogP contribution in [0.5, 0.6) is 5.75 Å². The lowest BCUT2D eigenvalue weighted by Crippen LogP contribution is -2.27. The lowest BCUT2D eigenvalue weighted by molar-refractivity contribution is -0.117. The van der Waals surface area contributed by atoms with Crippen molar-refractivity contribution in [2.24, 2.45) is 0 Å². The number of rotatable bonds is 6. The van der Waals surface area contributed by atoms with Gasteiger partial charge in [0.15, 0.2) is 0 Å². The van der Waals surface area contributed by atoms with Crippen molar-refractivity contribution in [3.63, 3.8) is 0 Å². The van der Waals surface area contributed by atoms with Gasteiger partial charge in [-0.1, -0.05) is 18.2 Å². The molecule has 0 bridgehead atoms. The first-order valence-corrected chi connectivity index (χ1v) is 8.80. The SMILES string of the molecule is Cc1ccc(OCc2nc(CC(=O)N(C)c3ccccc3)cs2)cn1. The average Bonchev–Trinajstić information content (AvgIpc) is 3.08. The summed E-state index contributed by atoms with van der Waals surface area (Å²) in [6.07, 6.45) is 1.97. The molecule has 0 fully saturated rings. The maximum Gasteiger partial charge on any atom is 0.232 e. The lowest BCUT2D eigenvalue weighted by Gasteiger charge is -2.16. The van der Waals surface area contributed by atoms with Crippen molar-refractivity contribution in [3.8, 4) is 5.75 Å². The van der Waals surface area contributed by atoms with Crippen LogP contribution in [0.2, 0.25) is 0 Å². The number of nitrogens with zero attached hydrogens (tertiary/aromatic N) is 3. The number of carbonyl (C=O) groups excluding carboxylic acids is 1. The van der Waals surface area contributed by atoms with E-state index >= 15 is 0 Å². The average molecular weight is 353 g/mol. The number of anilines is 1. The number of likely N-dealkylation sites (N-methyl/N-ethyl adjacent to an activating group) is 1. The normalized spacial score (nSPS) is 10.5.